The Morgan fingerprint density at radius 1 is 1.16 bits per heavy atom. The van der Waals surface area contributed by atoms with Crippen LogP contribution in [0.15, 0.2) is 42.5 Å². The van der Waals surface area contributed by atoms with Crippen LogP contribution in [0.4, 0.5) is 11.4 Å². The zero-order valence-corrected chi connectivity index (χ0v) is 19.4. The van der Waals surface area contributed by atoms with Crippen LogP contribution >= 0.6 is 0 Å². The van der Waals surface area contributed by atoms with Crippen molar-refractivity contribution in [3.8, 4) is 5.75 Å². The van der Waals surface area contributed by atoms with Crippen LogP contribution in [-0.4, -0.2) is 57.1 Å². The molecule has 0 aliphatic carbocycles. The Balaban J connectivity index is 0.00000132. The lowest BCUT2D eigenvalue weighted by Gasteiger charge is -2.38. The fourth-order valence-electron chi connectivity index (χ4n) is 4.86. The minimum atomic E-state index is 0.421. The second-order valence-corrected chi connectivity index (χ2v) is 8.09. The minimum absolute atomic E-state index is 0.421. The number of ether oxygens (including phenoxy) is 1. The van der Waals surface area contributed by atoms with Gasteiger partial charge in [0, 0.05) is 38.6 Å². The quantitative estimate of drug-likeness (QED) is 0.492. The molecule has 0 aromatic heterocycles. The van der Waals surface area contributed by atoms with Crippen molar-refractivity contribution in [2.75, 3.05) is 50.1 Å². The van der Waals surface area contributed by atoms with Gasteiger partial charge in [-0.25, -0.2) is 0 Å². The standard InChI is InChI=1S/C24H31N3O2.C2H6/c1-18-7-9-19(10-8-18)29-16-4-12-26-13-11-23-21(17-26)20-5-3-6-22(25-2)24(20)27(23)14-15-28;1-2/h3,5-10,15,21,23,25H,4,11-14,16-17H2,1-2H3;1-2H3. The number of hydrogen-bond acceptors (Lipinski definition) is 5. The number of rotatable bonds is 8. The molecule has 1 fully saturated rings. The first-order chi connectivity index (χ1) is 15.2. The van der Waals surface area contributed by atoms with Gasteiger partial charge in [-0.05, 0) is 43.5 Å². The zero-order chi connectivity index (χ0) is 22.2. The molecule has 2 heterocycles. The Kier molecular flexibility index (Phi) is 8.35. The third kappa shape index (κ3) is 5.21. The molecule has 4 rings (SSSR count). The lowest BCUT2D eigenvalue weighted by molar-refractivity contribution is -0.106. The number of piperidine rings is 1. The molecule has 0 amide bonds. The molecule has 5 heteroatoms. The minimum Gasteiger partial charge on any atom is -0.494 e. The fraction of sp³-hybridized carbons (Fsp3) is 0.500. The van der Waals surface area contributed by atoms with E-state index in [1.807, 2.05) is 33.0 Å². The number of aryl methyl sites for hydroxylation is 1. The van der Waals surface area contributed by atoms with Crippen LogP contribution in [0.1, 0.15) is 43.7 Å². The number of para-hydroxylation sites is 1. The van der Waals surface area contributed by atoms with Gasteiger partial charge < -0.3 is 24.6 Å². The largest absolute Gasteiger partial charge is 0.494 e. The molecule has 2 aliphatic rings. The highest BCUT2D eigenvalue weighted by atomic mass is 16.5. The number of nitrogens with zero attached hydrogens (tertiary/aromatic N) is 2. The van der Waals surface area contributed by atoms with Gasteiger partial charge in [0.2, 0.25) is 0 Å². The first-order valence-electron chi connectivity index (χ1n) is 11.6. The number of benzene rings is 2. The van der Waals surface area contributed by atoms with Crippen LogP contribution in [0.2, 0.25) is 0 Å². The van der Waals surface area contributed by atoms with Crippen molar-refractivity contribution in [2.24, 2.45) is 0 Å². The molecule has 2 aliphatic heterocycles. The summed E-state index contributed by atoms with van der Waals surface area (Å²) in [5.74, 6) is 1.41. The summed E-state index contributed by atoms with van der Waals surface area (Å²) >= 11 is 0. The third-order valence-electron chi connectivity index (χ3n) is 6.26. The summed E-state index contributed by atoms with van der Waals surface area (Å²) in [6.07, 6.45) is 3.15. The van der Waals surface area contributed by atoms with E-state index in [2.05, 4.69) is 52.4 Å². The van der Waals surface area contributed by atoms with E-state index in [1.54, 1.807) is 0 Å². The highest BCUT2D eigenvalue weighted by molar-refractivity contribution is 5.80. The van der Waals surface area contributed by atoms with Crippen molar-refractivity contribution in [1.29, 1.82) is 0 Å². The molecule has 2 unspecified atom stereocenters. The molecule has 1 saturated heterocycles. The normalized spacial score (nSPS) is 19.7. The molecule has 2 aromatic carbocycles. The number of fused-ring (bicyclic) bond motifs is 3. The van der Waals surface area contributed by atoms with Crippen LogP contribution in [0, 0.1) is 6.92 Å². The van der Waals surface area contributed by atoms with Crippen molar-refractivity contribution < 1.29 is 9.53 Å². The van der Waals surface area contributed by atoms with Crippen LogP contribution in [-0.2, 0) is 4.79 Å². The Labute approximate surface area is 187 Å². The fourth-order valence-corrected chi connectivity index (χ4v) is 4.86. The van der Waals surface area contributed by atoms with Gasteiger partial charge >= 0.3 is 0 Å². The molecular weight excluding hydrogens is 386 g/mol. The van der Waals surface area contributed by atoms with Crippen molar-refractivity contribution in [2.45, 2.75) is 45.6 Å². The van der Waals surface area contributed by atoms with Crippen molar-refractivity contribution in [3.63, 3.8) is 0 Å². The predicted molar refractivity (Wildman–Crippen MR) is 130 cm³/mol. The average Bonchev–Trinajstić information content (AvgIpc) is 3.13. The molecule has 0 saturated carbocycles. The maximum Gasteiger partial charge on any atom is 0.139 e. The number of carbonyl (C=O) groups is 1. The summed E-state index contributed by atoms with van der Waals surface area (Å²) in [6, 6.07) is 15.1. The molecule has 0 radical (unpaired) electrons. The summed E-state index contributed by atoms with van der Waals surface area (Å²) in [6.45, 7) is 10.5. The Morgan fingerprint density at radius 3 is 2.65 bits per heavy atom. The maximum atomic E-state index is 11.3. The summed E-state index contributed by atoms with van der Waals surface area (Å²) in [5, 5.41) is 3.31. The smallest absolute Gasteiger partial charge is 0.139 e. The highest BCUT2D eigenvalue weighted by Crippen LogP contribution is 2.47. The Morgan fingerprint density at radius 2 is 1.94 bits per heavy atom. The van der Waals surface area contributed by atoms with Gasteiger partial charge in [-0.2, -0.15) is 0 Å². The second kappa shape index (κ2) is 11.2. The molecule has 31 heavy (non-hydrogen) atoms. The Bertz CT molecular complexity index is 837. The van der Waals surface area contributed by atoms with Gasteiger partial charge in [0.25, 0.3) is 0 Å². The number of hydrogen-bond donors (Lipinski definition) is 1. The predicted octanol–water partition coefficient (Wildman–Crippen LogP) is 4.71. The highest BCUT2D eigenvalue weighted by Gasteiger charge is 2.42. The van der Waals surface area contributed by atoms with Gasteiger partial charge in [-0.3, -0.25) is 0 Å². The molecule has 2 aromatic rings. The first-order valence-corrected chi connectivity index (χ1v) is 11.6. The van der Waals surface area contributed by atoms with Crippen LogP contribution in [0.5, 0.6) is 5.75 Å². The van der Waals surface area contributed by atoms with Crippen LogP contribution in [0.3, 0.4) is 0 Å². The van der Waals surface area contributed by atoms with Crippen LogP contribution in [0.25, 0.3) is 0 Å². The lowest BCUT2D eigenvalue weighted by Crippen LogP contribution is -2.47. The number of likely N-dealkylation sites (tertiary alicyclic amines) is 1. The molecular formula is C26H37N3O2. The van der Waals surface area contributed by atoms with E-state index in [0.717, 1.165) is 56.8 Å². The molecule has 1 N–H and O–H groups in total. The zero-order valence-electron chi connectivity index (χ0n) is 19.4. The van der Waals surface area contributed by atoms with E-state index in [0.29, 0.717) is 18.5 Å². The van der Waals surface area contributed by atoms with E-state index >= 15 is 0 Å². The second-order valence-electron chi connectivity index (χ2n) is 8.09. The van der Waals surface area contributed by atoms with E-state index in [4.69, 9.17) is 4.74 Å². The van der Waals surface area contributed by atoms with E-state index in [9.17, 15) is 4.79 Å². The van der Waals surface area contributed by atoms with Gasteiger partial charge in [-0.1, -0.05) is 43.7 Å². The molecule has 2 atom stereocenters. The monoisotopic (exact) mass is 423 g/mol. The SMILES string of the molecule is CC.CNc1cccc2c1N(CC=O)C1CCN(CCCOc3ccc(C)cc3)CC21. The lowest BCUT2D eigenvalue weighted by atomic mass is 9.89. The molecule has 168 valence electrons. The van der Waals surface area contributed by atoms with E-state index in [1.165, 1.54) is 16.8 Å². The van der Waals surface area contributed by atoms with Gasteiger partial charge in [0.15, 0.2) is 0 Å². The molecule has 0 spiro atoms. The van der Waals surface area contributed by atoms with Crippen molar-refractivity contribution in [3.05, 3.63) is 53.6 Å². The van der Waals surface area contributed by atoms with Crippen molar-refractivity contribution >= 4 is 17.7 Å². The number of anilines is 2. The summed E-state index contributed by atoms with van der Waals surface area (Å²) in [4.78, 5) is 16.2. The first kappa shape index (κ1) is 23.1. The summed E-state index contributed by atoms with van der Waals surface area (Å²) in [5.41, 5.74) is 4.98. The van der Waals surface area contributed by atoms with Gasteiger partial charge in [0.05, 0.1) is 24.5 Å². The summed E-state index contributed by atoms with van der Waals surface area (Å²) in [7, 11) is 1.96. The number of aldehydes is 1. The summed E-state index contributed by atoms with van der Waals surface area (Å²) < 4.78 is 5.89. The topological polar surface area (TPSA) is 44.8 Å². The molecule has 0 bridgehead atoms. The molecule has 5 nitrogen and oxygen atoms in total. The van der Waals surface area contributed by atoms with Gasteiger partial charge in [0.1, 0.15) is 12.0 Å². The van der Waals surface area contributed by atoms with Crippen LogP contribution < -0.4 is 15.0 Å². The Hall–Kier alpha value is -2.53. The van der Waals surface area contributed by atoms with Crippen molar-refractivity contribution in [1.82, 2.24) is 4.90 Å². The number of nitrogens with one attached hydrogen (secondary N) is 1. The van der Waals surface area contributed by atoms with E-state index in [-0.39, 0.29) is 0 Å². The van der Waals surface area contributed by atoms with E-state index < -0.39 is 0 Å². The number of carbonyl (C=O) groups excluding carboxylic acids is 1. The average molecular weight is 424 g/mol. The van der Waals surface area contributed by atoms with Gasteiger partial charge in [-0.15, -0.1) is 0 Å². The third-order valence-corrected chi connectivity index (χ3v) is 6.26. The maximum absolute atomic E-state index is 11.3.